The van der Waals surface area contributed by atoms with Gasteiger partial charge in [-0.15, -0.1) is 21.5 Å². The summed E-state index contributed by atoms with van der Waals surface area (Å²) in [5.41, 5.74) is 8.49. The maximum atomic E-state index is 14.6. The molecule has 3 heterocycles. The van der Waals surface area contributed by atoms with Gasteiger partial charge in [-0.2, -0.15) is 0 Å². The van der Waals surface area contributed by atoms with Crippen LogP contribution in [0.25, 0.3) is 10.2 Å². The number of nitrogens with one attached hydrogen (secondary N) is 1. The summed E-state index contributed by atoms with van der Waals surface area (Å²) in [4.78, 5) is 23.9. The van der Waals surface area contributed by atoms with Crippen molar-refractivity contribution < 1.29 is 19.0 Å². The summed E-state index contributed by atoms with van der Waals surface area (Å²) in [7, 11) is 0. The number of unbranched alkanes of at least 4 members (excludes halogenated alkanes) is 3. The maximum Gasteiger partial charge on any atom is 0.355 e. The molecular weight excluding hydrogens is 638 g/mol. The second-order valence-corrected chi connectivity index (χ2v) is 13.3. The summed E-state index contributed by atoms with van der Waals surface area (Å²) in [6.45, 7) is 5.40. The number of aromatic carboxylic acids is 1. The molecule has 0 spiro atoms. The van der Waals surface area contributed by atoms with E-state index in [4.69, 9.17) is 10.5 Å². The molecule has 0 radical (unpaired) electrons. The molecule has 3 aromatic heterocycles. The molecule has 248 valence electrons. The van der Waals surface area contributed by atoms with Crippen LogP contribution in [0, 0.1) is 12.7 Å². The summed E-state index contributed by atoms with van der Waals surface area (Å²) in [5, 5.41) is 23.4. The molecule has 4 N–H and O–H groups in total. The molecule has 0 fully saturated rings. The number of benzene rings is 2. The zero-order valence-electron chi connectivity index (χ0n) is 26.7. The van der Waals surface area contributed by atoms with Gasteiger partial charge in [-0.3, -0.25) is 0 Å². The Labute approximate surface area is 281 Å². The molecular formula is C34H40FN7O3S2. The smallest absolute Gasteiger partial charge is 0.355 e. The molecule has 0 aliphatic carbocycles. The number of anilines is 4. The Balaban J connectivity index is 1.28. The van der Waals surface area contributed by atoms with E-state index in [2.05, 4.69) is 32.4 Å². The highest BCUT2D eigenvalue weighted by Crippen LogP contribution is 2.34. The lowest BCUT2D eigenvalue weighted by Crippen LogP contribution is -2.21. The van der Waals surface area contributed by atoms with Crippen molar-refractivity contribution in [3.8, 4) is 5.75 Å². The van der Waals surface area contributed by atoms with Crippen LogP contribution in [-0.4, -0.2) is 50.9 Å². The molecule has 13 heteroatoms. The third kappa shape index (κ3) is 8.99. The first kappa shape index (κ1) is 34.1. The van der Waals surface area contributed by atoms with Gasteiger partial charge in [-0.05, 0) is 93.5 Å². The van der Waals surface area contributed by atoms with Gasteiger partial charge in [-0.25, -0.2) is 19.2 Å². The van der Waals surface area contributed by atoms with Crippen LogP contribution in [0.1, 0.15) is 71.9 Å². The maximum absolute atomic E-state index is 14.6. The molecule has 47 heavy (non-hydrogen) atoms. The van der Waals surface area contributed by atoms with Crippen LogP contribution >= 0.6 is 22.7 Å². The molecule has 10 nitrogen and oxygen atoms in total. The molecule has 0 saturated carbocycles. The number of aromatic nitrogens is 4. The van der Waals surface area contributed by atoms with Crippen molar-refractivity contribution >= 4 is 60.8 Å². The number of ether oxygens (including phenoxy) is 1. The van der Waals surface area contributed by atoms with Crippen LogP contribution in [0.4, 0.5) is 26.3 Å². The molecule has 0 amide bonds. The van der Waals surface area contributed by atoms with Crippen molar-refractivity contribution in [3.63, 3.8) is 0 Å². The Morgan fingerprint density at radius 3 is 2.62 bits per heavy atom. The predicted molar refractivity (Wildman–Crippen MR) is 187 cm³/mol. The number of nitrogens with zero attached hydrogens (tertiary/aromatic N) is 5. The molecule has 0 unspecified atom stereocenters. The second kappa shape index (κ2) is 16.6. The Morgan fingerprint density at radius 2 is 1.87 bits per heavy atom. The van der Waals surface area contributed by atoms with Gasteiger partial charge >= 0.3 is 5.97 Å². The Hall–Kier alpha value is -4.20. The summed E-state index contributed by atoms with van der Waals surface area (Å²) >= 11 is 2.84. The summed E-state index contributed by atoms with van der Waals surface area (Å²) < 4.78 is 21.4. The van der Waals surface area contributed by atoms with E-state index in [0.29, 0.717) is 47.6 Å². The predicted octanol–water partition coefficient (Wildman–Crippen LogP) is 8.05. The summed E-state index contributed by atoms with van der Waals surface area (Å²) in [6.07, 6.45) is 6.58. The second-order valence-electron chi connectivity index (χ2n) is 11.2. The highest BCUT2D eigenvalue weighted by Gasteiger charge is 2.23. The number of para-hydroxylation sites is 1. The van der Waals surface area contributed by atoms with Gasteiger partial charge in [0.15, 0.2) is 39.2 Å². The average molecular weight is 678 g/mol. The van der Waals surface area contributed by atoms with Gasteiger partial charge in [0, 0.05) is 11.4 Å². The first-order chi connectivity index (χ1) is 22.9. The third-order valence-electron chi connectivity index (χ3n) is 7.59. The largest absolute Gasteiger partial charge is 0.491 e. The van der Waals surface area contributed by atoms with Gasteiger partial charge in [0.25, 0.3) is 0 Å². The van der Waals surface area contributed by atoms with Gasteiger partial charge in [0.2, 0.25) is 0 Å². The normalized spacial score (nSPS) is 11.2. The number of rotatable bonds is 18. The Bertz CT molecular complexity index is 1760. The van der Waals surface area contributed by atoms with Gasteiger partial charge in [0.05, 0.1) is 16.8 Å². The quantitative estimate of drug-likeness (QED) is 0.0781. The summed E-state index contributed by atoms with van der Waals surface area (Å²) in [6, 6.07) is 14.9. The zero-order chi connectivity index (χ0) is 33.2. The molecule has 0 bridgehead atoms. The van der Waals surface area contributed by atoms with Crippen LogP contribution in [0.5, 0.6) is 5.75 Å². The van der Waals surface area contributed by atoms with Crippen molar-refractivity contribution in [1.82, 2.24) is 20.2 Å². The number of carboxylic acid groups (broad SMARTS) is 1. The van der Waals surface area contributed by atoms with Crippen molar-refractivity contribution in [2.45, 2.75) is 65.2 Å². The lowest BCUT2D eigenvalue weighted by atomic mass is 10.1. The van der Waals surface area contributed by atoms with E-state index in [9.17, 15) is 14.3 Å². The molecule has 0 saturated heterocycles. The minimum Gasteiger partial charge on any atom is -0.491 e. The molecule has 0 aliphatic rings. The number of hydrogen-bond donors (Lipinski definition) is 3. The molecule has 5 aromatic rings. The Morgan fingerprint density at radius 1 is 1.02 bits per heavy atom. The van der Waals surface area contributed by atoms with E-state index >= 15 is 0 Å². The number of halogens is 1. The molecule has 0 aliphatic heterocycles. The number of aryl methyl sites for hydroxylation is 3. The first-order valence-electron chi connectivity index (χ1n) is 15.9. The van der Waals surface area contributed by atoms with E-state index in [0.717, 1.165) is 65.0 Å². The average Bonchev–Trinajstić information content (AvgIpc) is 3.67. The van der Waals surface area contributed by atoms with Crippen molar-refractivity contribution in [2.24, 2.45) is 5.73 Å². The van der Waals surface area contributed by atoms with Crippen LogP contribution < -0.4 is 20.7 Å². The number of fused-ring (bicyclic) bond motifs is 1. The number of carbonyl (C=O) groups is 1. The van der Waals surface area contributed by atoms with Crippen LogP contribution in [0.3, 0.4) is 0 Å². The lowest BCUT2D eigenvalue weighted by molar-refractivity contribution is 0.0690. The lowest BCUT2D eigenvalue weighted by Gasteiger charge is -2.21. The van der Waals surface area contributed by atoms with Crippen LogP contribution in [0.2, 0.25) is 0 Å². The third-order valence-corrected chi connectivity index (χ3v) is 9.68. The standard InChI is InChI=1S/C34H40FN7O3S2/c1-3-4-5-11-23-15-16-26(24(35)21-23)45-19-10-14-28-30(32(43)44)38-34(47-28)42(18-9-8-17-36)29-20-22(2)31(41-40-29)39-33-37-25-12-6-7-13-27(25)46-33/h6-7,12-13,15-16,20-21H,3-5,8-11,14,17-19,36H2,1-2H3,(H,43,44)(H,37,39,41). The van der Waals surface area contributed by atoms with Gasteiger partial charge in [-0.1, -0.05) is 49.3 Å². The number of carboxylic acids is 1. The Kier molecular flexibility index (Phi) is 12.0. The van der Waals surface area contributed by atoms with Crippen molar-refractivity contribution in [1.29, 1.82) is 0 Å². The number of nitrogens with two attached hydrogens (primary N) is 1. The summed E-state index contributed by atoms with van der Waals surface area (Å²) in [5.74, 6) is -0.135. The first-order valence-corrected chi connectivity index (χ1v) is 17.6. The number of hydrogen-bond acceptors (Lipinski definition) is 11. The van der Waals surface area contributed by atoms with Crippen molar-refractivity contribution in [3.05, 3.63) is 76.0 Å². The topological polar surface area (TPSA) is 139 Å². The minimum absolute atomic E-state index is 0.00441. The van der Waals surface area contributed by atoms with Gasteiger partial charge < -0.3 is 25.8 Å². The monoisotopic (exact) mass is 677 g/mol. The van der Waals surface area contributed by atoms with E-state index < -0.39 is 5.97 Å². The highest BCUT2D eigenvalue weighted by atomic mass is 32.1. The van der Waals surface area contributed by atoms with Crippen LogP contribution in [-0.2, 0) is 12.8 Å². The van der Waals surface area contributed by atoms with E-state index in [1.165, 1.54) is 28.7 Å². The molecule has 0 atom stereocenters. The molecule has 5 rings (SSSR count). The van der Waals surface area contributed by atoms with Gasteiger partial charge in [0.1, 0.15) is 0 Å². The van der Waals surface area contributed by atoms with E-state index in [-0.39, 0.29) is 23.9 Å². The fourth-order valence-corrected chi connectivity index (χ4v) is 7.07. The van der Waals surface area contributed by atoms with E-state index in [1.807, 2.05) is 48.2 Å². The van der Waals surface area contributed by atoms with Crippen molar-refractivity contribution in [2.75, 3.05) is 29.9 Å². The van der Waals surface area contributed by atoms with Crippen LogP contribution in [0.15, 0.2) is 48.5 Å². The minimum atomic E-state index is -1.10. The zero-order valence-corrected chi connectivity index (χ0v) is 28.3. The fraction of sp³-hybridized carbons (Fsp3) is 0.382. The van der Waals surface area contributed by atoms with E-state index in [1.54, 1.807) is 6.07 Å². The number of thiazole rings is 2. The molecule has 2 aromatic carbocycles. The SMILES string of the molecule is CCCCCc1ccc(OCCCc2sc(N(CCCCN)c3cc(C)c(Nc4nc5ccccc5s4)nn3)nc2C(=O)O)c(F)c1. The highest BCUT2D eigenvalue weighted by molar-refractivity contribution is 7.22. The fourth-order valence-electron chi connectivity index (χ4n) is 5.08.